The maximum atomic E-state index is 3.42. The standard InChI is InChI=1S/C12H9NS.C8H18N2/c1-3-7-11-9(5-1)13-10-6-2-4-8-12(10)14-11;1-3-5-10-6-4-9-7-8(10)2/h1-8,13H;8-9H,3-7H2,1-2H3. The molecule has 0 aromatic heterocycles. The van der Waals surface area contributed by atoms with Gasteiger partial charge in [0, 0.05) is 35.5 Å². The maximum absolute atomic E-state index is 3.42. The zero-order valence-electron chi connectivity index (χ0n) is 14.6. The minimum Gasteiger partial charge on any atom is -0.354 e. The van der Waals surface area contributed by atoms with Crippen LogP contribution < -0.4 is 10.6 Å². The van der Waals surface area contributed by atoms with Crippen LogP contribution in [0.1, 0.15) is 20.3 Å². The second kappa shape index (κ2) is 8.56. The van der Waals surface area contributed by atoms with Crippen molar-refractivity contribution in [2.45, 2.75) is 36.1 Å². The third-order valence-corrected chi connectivity index (χ3v) is 5.56. The molecule has 0 saturated carbocycles. The van der Waals surface area contributed by atoms with Gasteiger partial charge in [0.1, 0.15) is 0 Å². The first-order chi connectivity index (χ1) is 11.8. The molecule has 2 aliphatic rings. The topological polar surface area (TPSA) is 27.3 Å². The summed E-state index contributed by atoms with van der Waals surface area (Å²) in [6, 6.07) is 17.5. The first-order valence-corrected chi connectivity index (χ1v) is 9.67. The van der Waals surface area contributed by atoms with Crippen LogP contribution in [0.3, 0.4) is 0 Å². The maximum Gasteiger partial charge on any atom is 0.0526 e. The summed E-state index contributed by atoms with van der Waals surface area (Å²) < 4.78 is 0. The van der Waals surface area contributed by atoms with Crippen molar-refractivity contribution < 1.29 is 0 Å². The predicted molar refractivity (Wildman–Crippen MR) is 104 cm³/mol. The summed E-state index contributed by atoms with van der Waals surface area (Å²) in [4.78, 5) is 5.15. The van der Waals surface area contributed by atoms with E-state index in [1.165, 1.54) is 53.8 Å². The summed E-state index contributed by atoms with van der Waals surface area (Å²) in [7, 11) is 0. The van der Waals surface area contributed by atoms with Gasteiger partial charge in [0.15, 0.2) is 0 Å². The van der Waals surface area contributed by atoms with Crippen LogP contribution in [0.4, 0.5) is 11.4 Å². The molecule has 0 amide bonds. The molecule has 4 heteroatoms. The number of fused-ring (bicyclic) bond motifs is 2. The minimum absolute atomic E-state index is 0.744. The van der Waals surface area contributed by atoms with Crippen molar-refractivity contribution in [3.8, 4) is 0 Å². The van der Waals surface area contributed by atoms with Crippen molar-refractivity contribution in [3.05, 3.63) is 48.5 Å². The van der Waals surface area contributed by atoms with Crippen LogP contribution in [0.25, 0.3) is 0 Å². The van der Waals surface area contributed by atoms with Crippen molar-refractivity contribution in [2.75, 3.05) is 31.5 Å². The number of para-hydroxylation sites is 2. The molecule has 2 aliphatic heterocycles. The summed E-state index contributed by atoms with van der Waals surface area (Å²) in [5.74, 6) is 0. The summed E-state index contributed by atoms with van der Waals surface area (Å²) >= 11 is 1.82. The van der Waals surface area contributed by atoms with Gasteiger partial charge in [0.05, 0.1) is 11.4 Å². The van der Waals surface area contributed by atoms with Crippen LogP contribution in [0.5, 0.6) is 0 Å². The highest BCUT2D eigenvalue weighted by molar-refractivity contribution is 7.99. The number of anilines is 2. The molecular formula is C20H27N3S. The molecule has 1 unspecified atom stereocenters. The largest absolute Gasteiger partial charge is 0.354 e. The van der Waals surface area contributed by atoms with Gasteiger partial charge in [0.2, 0.25) is 0 Å². The van der Waals surface area contributed by atoms with Gasteiger partial charge in [0.25, 0.3) is 0 Å². The Morgan fingerprint density at radius 2 is 1.67 bits per heavy atom. The van der Waals surface area contributed by atoms with Crippen LogP contribution in [0.2, 0.25) is 0 Å². The Labute approximate surface area is 149 Å². The molecule has 3 nitrogen and oxygen atoms in total. The quantitative estimate of drug-likeness (QED) is 0.713. The van der Waals surface area contributed by atoms with E-state index in [0.717, 1.165) is 6.04 Å². The van der Waals surface area contributed by atoms with Crippen LogP contribution in [-0.2, 0) is 0 Å². The first-order valence-electron chi connectivity index (χ1n) is 8.85. The SMILES string of the molecule is CCCN1CCNCC1C.c1ccc2c(c1)Nc1ccccc1S2. The number of rotatable bonds is 2. The zero-order valence-corrected chi connectivity index (χ0v) is 15.4. The zero-order chi connectivity index (χ0) is 16.8. The number of nitrogens with one attached hydrogen (secondary N) is 2. The van der Waals surface area contributed by atoms with Crippen LogP contribution in [-0.4, -0.2) is 37.1 Å². The van der Waals surface area contributed by atoms with Crippen molar-refractivity contribution in [1.29, 1.82) is 0 Å². The van der Waals surface area contributed by atoms with E-state index in [4.69, 9.17) is 0 Å². The van der Waals surface area contributed by atoms with Crippen molar-refractivity contribution in [3.63, 3.8) is 0 Å². The third kappa shape index (κ3) is 4.32. The van der Waals surface area contributed by atoms with Gasteiger partial charge >= 0.3 is 0 Å². The van der Waals surface area contributed by atoms with Crippen molar-refractivity contribution >= 4 is 23.1 Å². The molecule has 2 aromatic rings. The van der Waals surface area contributed by atoms with E-state index < -0.39 is 0 Å². The normalized spacial score (nSPS) is 19.3. The average molecular weight is 342 g/mol. The van der Waals surface area contributed by atoms with E-state index in [-0.39, 0.29) is 0 Å². The lowest BCUT2D eigenvalue weighted by Crippen LogP contribution is -2.49. The Kier molecular flexibility index (Phi) is 6.18. The number of benzene rings is 2. The second-order valence-electron chi connectivity index (χ2n) is 6.31. The lowest BCUT2D eigenvalue weighted by Gasteiger charge is -2.33. The Balaban J connectivity index is 0.000000150. The third-order valence-electron chi connectivity index (χ3n) is 4.41. The predicted octanol–water partition coefficient (Wildman–Crippen LogP) is 4.58. The molecule has 128 valence electrons. The van der Waals surface area contributed by atoms with Gasteiger partial charge in [-0.25, -0.2) is 0 Å². The van der Waals surface area contributed by atoms with Gasteiger partial charge < -0.3 is 10.6 Å². The summed E-state index contributed by atoms with van der Waals surface area (Å²) in [6.45, 7) is 9.37. The molecule has 1 atom stereocenters. The van der Waals surface area contributed by atoms with Gasteiger partial charge in [-0.15, -0.1) is 0 Å². The van der Waals surface area contributed by atoms with Gasteiger partial charge in [-0.2, -0.15) is 0 Å². The molecule has 4 rings (SSSR count). The average Bonchev–Trinajstić information content (AvgIpc) is 2.63. The molecule has 0 bridgehead atoms. The second-order valence-corrected chi connectivity index (χ2v) is 7.39. The number of piperazine rings is 1. The number of hydrogen-bond donors (Lipinski definition) is 2. The summed E-state index contributed by atoms with van der Waals surface area (Å²) in [6.07, 6.45) is 1.28. The fourth-order valence-corrected chi connectivity index (χ4v) is 4.07. The van der Waals surface area contributed by atoms with E-state index in [0.29, 0.717) is 0 Å². The van der Waals surface area contributed by atoms with Crippen LogP contribution >= 0.6 is 11.8 Å². The molecule has 2 heterocycles. The molecule has 0 aliphatic carbocycles. The highest BCUT2D eigenvalue weighted by atomic mass is 32.2. The molecule has 1 saturated heterocycles. The smallest absolute Gasteiger partial charge is 0.0526 e. The van der Waals surface area contributed by atoms with E-state index in [1.54, 1.807) is 0 Å². The monoisotopic (exact) mass is 341 g/mol. The Hall–Kier alpha value is -1.49. The lowest BCUT2D eigenvalue weighted by atomic mass is 10.2. The number of nitrogens with zero attached hydrogens (tertiary/aromatic N) is 1. The molecule has 2 aromatic carbocycles. The Morgan fingerprint density at radius 3 is 2.25 bits per heavy atom. The lowest BCUT2D eigenvalue weighted by molar-refractivity contribution is 0.174. The van der Waals surface area contributed by atoms with Gasteiger partial charge in [-0.3, -0.25) is 4.90 Å². The Morgan fingerprint density at radius 1 is 1.04 bits per heavy atom. The first kappa shape index (κ1) is 17.3. The summed E-state index contributed by atoms with van der Waals surface area (Å²) in [5.41, 5.74) is 2.41. The molecular weight excluding hydrogens is 314 g/mol. The molecule has 0 spiro atoms. The van der Waals surface area contributed by atoms with E-state index in [9.17, 15) is 0 Å². The summed E-state index contributed by atoms with van der Waals surface area (Å²) in [5, 5.41) is 6.80. The molecule has 0 radical (unpaired) electrons. The van der Waals surface area contributed by atoms with E-state index in [2.05, 4.69) is 77.9 Å². The van der Waals surface area contributed by atoms with Gasteiger partial charge in [-0.05, 0) is 44.2 Å². The molecule has 1 fully saturated rings. The van der Waals surface area contributed by atoms with Crippen molar-refractivity contribution in [1.82, 2.24) is 10.2 Å². The Bertz CT molecular complexity index is 569. The minimum atomic E-state index is 0.744. The van der Waals surface area contributed by atoms with Crippen molar-refractivity contribution in [2.24, 2.45) is 0 Å². The fourth-order valence-electron chi connectivity index (χ4n) is 3.08. The van der Waals surface area contributed by atoms with Crippen LogP contribution in [0.15, 0.2) is 58.3 Å². The highest BCUT2D eigenvalue weighted by Gasteiger charge is 2.15. The van der Waals surface area contributed by atoms with E-state index in [1.807, 2.05) is 11.8 Å². The molecule has 24 heavy (non-hydrogen) atoms. The highest BCUT2D eigenvalue weighted by Crippen LogP contribution is 2.43. The van der Waals surface area contributed by atoms with Crippen LogP contribution in [0, 0.1) is 0 Å². The van der Waals surface area contributed by atoms with Gasteiger partial charge in [-0.1, -0.05) is 43.0 Å². The number of hydrogen-bond acceptors (Lipinski definition) is 4. The fraction of sp³-hybridized carbons (Fsp3) is 0.400. The molecule has 2 N–H and O–H groups in total. The van der Waals surface area contributed by atoms with E-state index >= 15 is 0 Å².